The second-order valence-corrected chi connectivity index (χ2v) is 8.66. The second kappa shape index (κ2) is 9.21. The van der Waals surface area contributed by atoms with Crippen molar-refractivity contribution in [1.82, 2.24) is 29.5 Å². The molecule has 4 aromatic heterocycles. The summed E-state index contributed by atoms with van der Waals surface area (Å²) in [7, 11) is 1.93. The number of anilines is 1. The molecule has 0 atom stereocenters. The van der Waals surface area contributed by atoms with E-state index in [0.717, 1.165) is 78.1 Å². The Morgan fingerprint density at radius 2 is 1.97 bits per heavy atom. The molecule has 4 heterocycles. The van der Waals surface area contributed by atoms with E-state index in [1.165, 1.54) is 0 Å². The Morgan fingerprint density at radius 1 is 1.12 bits per heavy atom. The van der Waals surface area contributed by atoms with Crippen molar-refractivity contribution in [2.24, 2.45) is 7.05 Å². The Bertz CT molecular complexity index is 1240. The fourth-order valence-corrected chi connectivity index (χ4v) is 4.73. The zero-order chi connectivity index (χ0) is 22.8. The summed E-state index contributed by atoms with van der Waals surface area (Å²) in [6.45, 7) is 5.03. The van der Waals surface area contributed by atoms with Crippen molar-refractivity contribution in [2.75, 3.05) is 11.9 Å². The van der Waals surface area contributed by atoms with E-state index in [9.17, 15) is 0 Å². The predicted octanol–water partition coefficient (Wildman–Crippen LogP) is 4.78. The second-order valence-electron chi connectivity index (χ2n) is 8.66. The van der Waals surface area contributed by atoms with E-state index in [2.05, 4.69) is 45.0 Å². The molecule has 8 nitrogen and oxygen atoms in total. The minimum absolute atomic E-state index is 0.217. The third-order valence-corrected chi connectivity index (χ3v) is 6.39. The van der Waals surface area contributed by atoms with Crippen LogP contribution in [0.25, 0.3) is 22.2 Å². The van der Waals surface area contributed by atoms with Gasteiger partial charge in [-0.15, -0.1) is 0 Å². The lowest BCUT2D eigenvalue weighted by Gasteiger charge is -2.30. The lowest BCUT2D eigenvalue weighted by atomic mass is 9.93. The maximum atomic E-state index is 6.35. The van der Waals surface area contributed by atoms with Crippen LogP contribution in [0.5, 0.6) is 5.75 Å². The number of nitrogens with one attached hydrogen (secondary N) is 1. The van der Waals surface area contributed by atoms with Crippen LogP contribution in [0.15, 0.2) is 43.0 Å². The summed E-state index contributed by atoms with van der Waals surface area (Å²) in [5.41, 5.74) is 4.10. The molecule has 5 rings (SSSR count). The highest BCUT2D eigenvalue weighted by molar-refractivity contribution is 5.93. The Morgan fingerprint density at radius 3 is 2.70 bits per heavy atom. The fraction of sp³-hybridized carbons (Fsp3) is 0.440. The number of fused-ring (bicyclic) bond motifs is 1. The minimum atomic E-state index is 0.217. The van der Waals surface area contributed by atoms with Crippen LogP contribution in [0.1, 0.15) is 51.3 Å². The fourth-order valence-electron chi connectivity index (χ4n) is 4.73. The van der Waals surface area contributed by atoms with Gasteiger partial charge in [0.2, 0.25) is 0 Å². The summed E-state index contributed by atoms with van der Waals surface area (Å²) in [5.74, 6) is 1.80. The largest absolute Gasteiger partial charge is 0.489 e. The number of hydrogen-bond acceptors (Lipinski definition) is 6. The number of hydrogen-bond donors (Lipinski definition) is 1. The van der Waals surface area contributed by atoms with Gasteiger partial charge in [0.15, 0.2) is 0 Å². The van der Waals surface area contributed by atoms with Crippen molar-refractivity contribution in [3.63, 3.8) is 0 Å². The number of ether oxygens (including phenoxy) is 1. The van der Waals surface area contributed by atoms with E-state index < -0.39 is 0 Å². The molecule has 4 aromatic rings. The van der Waals surface area contributed by atoms with Gasteiger partial charge in [-0.1, -0.05) is 6.92 Å². The van der Waals surface area contributed by atoms with Gasteiger partial charge >= 0.3 is 0 Å². The van der Waals surface area contributed by atoms with Crippen LogP contribution in [-0.2, 0) is 13.5 Å². The standard InChI is InChI=1S/C25H31N7O/c1-4-21-23(7-6-12-27-21)33-19-10-8-18(9-11-19)32-22-13-24(26-5-2)28-15-20(22)25(30-32)17-14-29-31(3)16-17/h6-7,12-16,18-19H,4-5,8-11H2,1-3H3,(H,26,28)/t18-,19+. The number of rotatable bonds is 7. The lowest BCUT2D eigenvalue weighted by molar-refractivity contribution is 0.129. The van der Waals surface area contributed by atoms with Crippen molar-refractivity contribution in [2.45, 2.75) is 58.1 Å². The monoisotopic (exact) mass is 445 g/mol. The average molecular weight is 446 g/mol. The Hall–Kier alpha value is -3.42. The molecule has 0 aromatic carbocycles. The van der Waals surface area contributed by atoms with Crippen LogP contribution >= 0.6 is 0 Å². The molecule has 1 saturated carbocycles. The third kappa shape index (κ3) is 4.29. The Balaban J connectivity index is 1.40. The van der Waals surface area contributed by atoms with E-state index >= 15 is 0 Å². The SMILES string of the molecule is CCNc1cc2c(cn1)c(-c1cnn(C)c1)nn2[C@H]1CC[C@@H](Oc2cccnc2CC)CC1. The highest BCUT2D eigenvalue weighted by atomic mass is 16.5. The van der Waals surface area contributed by atoms with Gasteiger partial charge in [0.1, 0.15) is 17.3 Å². The summed E-state index contributed by atoms with van der Waals surface area (Å²) in [4.78, 5) is 9.06. The molecule has 1 aliphatic carbocycles. The van der Waals surface area contributed by atoms with Gasteiger partial charge < -0.3 is 10.1 Å². The number of nitrogens with zero attached hydrogens (tertiary/aromatic N) is 6. The molecule has 33 heavy (non-hydrogen) atoms. The van der Waals surface area contributed by atoms with Gasteiger partial charge in [0.05, 0.1) is 29.6 Å². The highest BCUT2D eigenvalue weighted by Gasteiger charge is 2.27. The smallest absolute Gasteiger partial charge is 0.141 e. The van der Waals surface area contributed by atoms with Crippen LogP contribution < -0.4 is 10.1 Å². The van der Waals surface area contributed by atoms with E-state index in [0.29, 0.717) is 6.04 Å². The first-order valence-electron chi connectivity index (χ1n) is 11.9. The van der Waals surface area contributed by atoms with Crippen LogP contribution in [0, 0.1) is 0 Å². The highest BCUT2D eigenvalue weighted by Crippen LogP contribution is 2.36. The molecule has 0 aliphatic heterocycles. The first-order valence-corrected chi connectivity index (χ1v) is 11.9. The maximum Gasteiger partial charge on any atom is 0.141 e. The maximum absolute atomic E-state index is 6.35. The number of pyridine rings is 2. The molecule has 0 spiro atoms. The van der Waals surface area contributed by atoms with Crippen LogP contribution in [0.3, 0.4) is 0 Å². The molecule has 1 N–H and O–H groups in total. The first-order chi connectivity index (χ1) is 16.2. The molecule has 0 amide bonds. The molecule has 8 heteroatoms. The molecule has 1 aliphatic rings. The molecular formula is C25H31N7O. The zero-order valence-electron chi connectivity index (χ0n) is 19.5. The average Bonchev–Trinajstić information content (AvgIpc) is 3.43. The van der Waals surface area contributed by atoms with E-state index in [-0.39, 0.29) is 6.10 Å². The van der Waals surface area contributed by atoms with Crippen molar-refractivity contribution < 1.29 is 4.74 Å². The number of aromatic nitrogens is 6. The molecule has 1 fully saturated rings. The van der Waals surface area contributed by atoms with Crippen LogP contribution in [0.4, 0.5) is 5.82 Å². The molecule has 0 bridgehead atoms. The van der Waals surface area contributed by atoms with Crippen molar-refractivity contribution in [3.8, 4) is 17.0 Å². The first kappa shape index (κ1) is 21.4. The van der Waals surface area contributed by atoms with Gasteiger partial charge in [-0.05, 0) is 51.2 Å². The summed E-state index contributed by atoms with van der Waals surface area (Å²) in [6.07, 6.45) is 12.8. The third-order valence-electron chi connectivity index (χ3n) is 6.39. The molecule has 0 saturated heterocycles. The summed E-state index contributed by atoms with van der Waals surface area (Å²) in [6, 6.07) is 6.44. The Labute approximate surface area is 194 Å². The zero-order valence-corrected chi connectivity index (χ0v) is 19.5. The van der Waals surface area contributed by atoms with Crippen LogP contribution in [-0.4, -0.2) is 42.2 Å². The normalized spacial score (nSPS) is 18.5. The Kier molecular flexibility index (Phi) is 5.98. The van der Waals surface area contributed by atoms with Gasteiger partial charge in [-0.2, -0.15) is 10.2 Å². The quantitative estimate of drug-likeness (QED) is 0.441. The molecule has 0 radical (unpaired) electrons. The van der Waals surface area contributed by atoms with Gasteiger partial charge in [-0.3, -0.25) is 14.3 Å². The summed E-state index contributed by atoms with van der Waals surface area (Å²) >= 11 is 0. The van der Waals surface area contributed by atoms with Crippen molar-refractivity contribution >= 4 is 16.7 Å². The van der Waals surface area contributed by atoms with Gasteiger partial charge in [0.25, 0.3) is 0 Å². The van der Waals surface area contributed by atoms with Gasteiger partial charge in [-0.25, -0.2) is 4.98 Å². The molecule has 172 valence electrons. The van der Waals surface area contributed by atoms with E-state index in [1.807, 2.05) is 48.6 Å². The summed E-state index contributed by atoms with van der Waals surface area (Å²) in [5, 5.41) is 13.8. The van der Waals surface area contributed by atoms with E-state index in [4.69, 9.17) is 9.84 Å². The predicted molar refractivity (Wildman–Crippen MR) is 129 cm³/mol. The van der Waals surface area contributed by atoms with Gasteiger partial charge in [0, 0.05) is 49.2 Å². The minimum Gasteiger partial charge on any atom is -0.489 e. The molecule has 0 unspecified atom stereocenters. The van der Waals surface area contributed by atoms with Crippen LogP contribution in [0.2, 0.25) is 0 Å². The number of aryl methyl sites for hydroxylation is 2. The van der Waals surface area contributed by atoms with Crippen molar-refractivity contribution in [1.29, 1.82) is 0 Å². The topological polar surface area (TPSA) is 82.7 Å². The summed E-state index contributed by atoms with van der Waals surface area (Å²) < 4.78 is 10.4. The van der Waals surface area contributed by atoms with E-state index in [1.54, 1.807) is 0 Å². The van der Waals surface area contributed by atoms with Crippen molar-refractivity contribution in [3.05, 3.63) is 48.7 Å². The molecular weight excluding hydrogens is 414 g/mol. The lowest BCUT2D eigenvalue weighted by Crippen LogP contribution is -2.26.